The maximum Gasteiger partial charge on any atom is 0.247 e. The molecule has 10 N–H and O–H groups in total. The number of carbonyl (C=O) groups is 8. The molecule has 70 heavy (non-hydrogen) atoms. The Morgan fingerprint density at radius 1 is 0.743 bits per heavy atom. The number of carbonyl (C=O) groups excluding carboxylic acids is 8. The van der Waals surface area contributed by atoms with Crippen LogP contribution < -0.4 is 27.0 Å². The van der Waals surface area contributed by atoms with E-state index in [-0.39, 0.29) is 89.1 Å². The Balaban J connectivity index is 1.66. The lowest BCUT2D eigenvalue weighted by Gasteiger charge is -2.31. The molecule has 2 fully saturated rings. The smallest absolute Gasteiger partial charge is 0.247 e. The summed E-state index contributed by atoms with van der Waals surface area (Å²) in [6.45, 7) is 9.51. The number of hydrogen-bond donors (Lipinski definition) is 9. The molecular formula is C51H83N7O12. The van der Waals surface area contributed by atoms with E-state index in [2.05, 4.69) is 42.0 Å². The summed E-state index contributed by atoms with van der Waals surface area (Å²) in [5.74, 6) is -4.82. The first-order chi connectivity index (χ1) is 33.3. The van der Waals surface area contributed by atoms with Crippen molar-refractivity contribution in [2.45, 2.75) is 199 Å². The molecule has 0 spiro atoms. The minimum absolute atomic E-state index is 0.0162. The monoisotopic (exact) mass is 986 g/mol. The minimum Gasteiger partial charge on any atom is -0.508 e. The first-order valence-corrected chi connectivity index (χ1v) is 25.7. The van der Waals surface area contributed by atoms with Crippen LogP contribution in [0.15, 0.2) is 24.3 Å². The van der Waals surface area contributed by atoms with Gasteiger partial charge in [0.1, 0.15) is 30.1 Å². The van der Waals surface area contributed by atoms with Crippen molar-refractivity contribution in [2.75, 3.05) is 19.6 Å². The number of β-amino-alcohol motifs (C(OH)–C–C–N with tert-alkyl or cyclic N) is 1. The van der Waals surface area contributed by atoms with Crippen molar-refractivity contribution in [2.24, 2.45) is 23.5 Å². The number of nitrogens with zero attached hydrogens (tertiary/aromatic N) is 2. The van der Waals surface area contributed by atoms with E-state index in [1.165, 1.54) is 49.1 Å². The maximum absolute atomic E-state index is 14.3. The molecule has 7 amide bonds. The number of aliphatic hydroxyl groups is 3. The van der Waals surface area contributed by atoms with Crippen LogP contribution in [0.25, 0.3) is 0 Å². The van der Waals surface area contributed by atoms with Gasteiger partial charge in [-0.1, -0.05) is 91.7 Å². The molecule has 0 radical (unpaired) electrons. The van der Waals surface area contributed by atoms with Gasteiger partial charge in [-0.15, -0.1) is 0 Å². The predicted molar refractivity (Wildman–Crippen MR) is 262 cm³/mol. The maximum atomic E-state index is 14.3. The number of nitrogens with two attached hydrogens (primary N) is 1. The van der Waals surface area contributed by atoms with Gasteiger partial charge in [-0.3, -0.25) is 38.4 Å². The first kappa shape index (κ1) is 59.2. The molecule has 394 valence electrons. The van der Waals surface area contributed by atoms with Crippen LogP contribution in [0, 0.1) is 17.8 Å². The standard InChI is InChI=1S/C51H83N7O12/c1-6-32(4)27-33(5)15-13-11-9-10-12-14-16-45(65)53-30-46(66)54-38(7-2)50(69)58-31-37(60)29-40(58)42(62)28-35(20-17-34-18-21-36(59)22-19-34)48(67)55-39(23-24-43(52)63)51(70)57-26-25-41(61)47(57)49(68)56-44(64)8-3/h18-19,21-22,32-33,35,37-41,44,47,59-61,64H,6-17,20,23-31H2,1-5H3,(H2,52,63)(H,53,65)(H,54,66)(H,55,67)(H,56,68)/t32?,33?,35?,37?,38?,39?,40?,41-,44+,47?/m0/s1. The zero-order valence-electron chi connectivity index (χ0n) is 42.2. The molecule has 19 nitrogen and oxygen atoms in total. The number of aromatic hydroxyl groups is 1. The molecule has 0 bridgehead atoms. The van der Waals surface area contributed by atoms with Gasteiger partial charge in [0.15, 0.2) is 5.78 Å². The second-order valence-electron chi connectivity index (χ2n) is 19.6. The molecule has 0 aliphatic carbocycles. The topological polar surface area (TPSA) is 298 Å². The second-order valence-corrected chi connectivity index (χ2v) is 19.6. The van der Waals surface area contributed by atoms with Crippen LogP contribution in [0.3, 0.4) is 0 Å². The third-order valence-electron chi connectivity index (χ3n) is 13.7. The number of nitrogens with one attached hydrogen (secondary N) is 4. The molecule has 2 aliphatic heterocycles. The van der Waals surface area contributed by atoms with E-state index in [1.54, 1.807) is 26.0 Å². The fourth-order valence-electron chi connectivity index (χ4n) is 9.30. The van der Waals surface area contributed by atoms with Crippen LogP contribution in [0.1, 0.15) is 156 Å². The summed E-state index contributed by atoms with van der Waals surface area (Å²) < 4.78 is 0. The lowest BCUT2D eigenvalue weighted by Crippen LogP contribution is -2.57. The zero-order chi connectivity index (χ0) is 51.9. The van der Waals surface area contributed by atoms with Crippen LogP contribution in [0.2, 0.25) is 0 Å². The Bertz CT molecular complexity index is 1870. The molecule has 1 aromatic rings. The fraction of sp³-hybridized carbons (Fsp3) is 0.725. The van der Waals surface area contributed by atoms with Crippen LogP contribution in [0.4, 0.5) is 0 Å². The molecule has 10 atom stereocenters. The van der Waals surface area contributed by atoms with Gasteiger partial charge in [0.05, 0.1) is 24.8 Å². The number of benzene rings is 1. The molecule has 2 heterocycles. The van der Waals surface area contributed by atoms with Gasteiger partial charge in [-0.25, -0.2) is 0 Å². The van der Waals surface area contributed by atoms with Gasteiger partial charge in [0.2, 0.25) is 41.4 Å². The number of Topliss-reactive ketones (excluding diaryl/α,β-unsaturated/α-hetero) is 1. The zero-order valence-corrected chi connectivity index (χ0v) is 42.2. The van der Waals surface area contributed by atoms with Crippen LogP contribution in [-0.2, 0) is 44.8 Å². The summed E-state index contributed by atoms with van der Waals surface area (Å²) >= 11 is 0. The minimum atomic E-state index is -1.42. The Kier molecular flexibility index (Phi) is 25.8. The molecule has 0 saturated carbocycles. The van der Waals surface area contributed by atoms with Crippen molar-refractivity contribution >= 4 is 47.1 Å². The summed E-state index contributed by atoms with van der Waals surface area (Å²) in [6.07, 6.45) is 5.93. The Hall–Kier alpha value is -5.14. The quantitative estimate of drug-likeness (QED) is 0.0372. The molecular weight excluding hydrogens is 903 g/mol. The summed E-state index contributed by atoms with van der Waals surface area (Å²) in [6, 6.07) is 1.12. The highest BCUT2D eigenvalue weighted by Crippen LogP contribution is 2.27. The Labute approximate surface area is 413 Å². The van der Waals surface area contributed by atoms with Crippen molar-refractivity contribution in [1.29, 1.82) is 0 Å². The van der Waals surface area contributed by atoms with Gasteiger partial charge in [0.25, 0.3) is 0 Å². The SMILES string of the molecule is CCC(C)CC(C)CCCCCCCCC(=O)NCC(=O)NC(CC)C(=O)N1CC(O)CC1C(=O)CC(CCc1ccc(O)cc1)C(=O)NC(CCC(N)=O)C(=O)N1CC[C@H](O)C1C(=O)N[C@H](O)CC. The lowest BCUT2D eigenvalue weighted by molar-refractivity contribution is -0.145. The molecule has 3 rings (SSSR count). The third-order valence-corrected chi connectivity index (χ3v) is 13.7. The van der Waals surface area contributed by atoms with Gasteiger partial charge in [-0.2, -0.15) is 0 Å². The highest BCUT2D eigenvalue weighted by atomic mass is 16.3. The number of phenolic OH excluding ortho intramolecular Hbond substituents is 1. The average Bonchev–Trinajstić information content (AvgIpc) is 3.92. The number of aliphatic hydroxyl groups excluding tert-OH is 3. The Morgan fingerprint density at radius 2 is 1.40 bits per heavy atom. The molecule has 1 aromatic carbocycles. The van der Waals surface area contributed by atoms with Gasteiger partial charge < -0.3 is 57.2 Å². The fourth-order valence-corrected chi connectivity index (χ4v) is 9.30. The summed E-state index contributed by atoms with van der Waals surface area (Å²) in [7, 11) is 0. The van der Waals surface area contributed by atoms with Crippen LogP contribution in [0.5, 0.6) is 5.75 Å². The number of amides is 7. The van der Waals surface area contributed by atoms with Crippen molar-refractivity contribution in [1.82, 2.24) is 31.1 Å². The predicted octanol–water partition coefficient (Wildman–Crippen LogP) is 2.62. The summed E-state index contributed by atoms with van der Waals surface area (Å²) in [4.78, 5) is 109. The van der Waals surface area contributed by atoms with E-state index in [0.29, 0.717) is 12.0 Å². The molecule has 19 heteroatoms. The van der Waals surface area contributed by atoms with Gasteiger partial charge in [0, 0.05) is 44.7 Å². The first-order valence-electron chi connectivity index (χ1n) is 25.7. The van der Waals surface area contributed by atoms with Crippen molar-refractivity contribution in [3.05, 3.63) is 29.8 Å². The van der Waals surface area contributed by atoms with E-state index >= 15 is 0 Å². The van der Waals surface area contributed by atoms with Crippen LogP contribution >= 0.6 is 0 Å². The number of rotatable bonds is 32. The number of likely N-dealkylation sites (tertiary alicyclic amines) is 2. The summed E-state index contributed by atoms with van der Waals surface area (Å²) in [5, 5.41) is 51.6. The summed E-state index contributed by atoms with van der Waals surface area (Å²) in [5.41, 5.74) is 6.14. The third kappa shape index (κ3) is 19.9. The number of unbranched alkanes of at least 4 members (excludes halogenated alkanes) is 5. The Morgan fingerprint density at radius 3 is 2.04 bits per heavy atom. The number of hydrogen-bond acceptors (Lipinski definition) is 12. The van der Waals surface area contributed by atoms with E-state index in [4.69, 9.17) is 5.73 Å². The van der Waals surface area contributed by atoms with E-state index < -0.39 is 96.2 Å². The average molecular weight is 986 g/mol. The molecule has 2 saturated heterocycles. The largest absolute Gasteiger partial charge is 0.508 e. The number of aryl methyl sites for hydroxylation is 1. The second kappa shape index (κ2) is 30.6. The van der Waals surface area contributed by atoms with E-state index in [1.807, 2.05) is 0 Å². The molecule has 8 unspecified atom stereocenters. The number of ketones is 1. The van der Waals surface area contributed by atoms with Gasteiger partial charge >= 0.3 is 0 Å². The van der Waals surface area contributed by atoms with Gasteiger partial charge in [-0.05, 0) is 80.9 Å². The van der Waals surface area contributed by atoms with Crippen molar-refractivity contribution < 1.29 is 58.8 Å². The van der Waals surface area contributed by atoms with E-state index in [0.717, 1.165) is 36.0 Å². The van der Waals surface area contributed by atoms with Crippen molar-refractivity contribution in [3.63, 3.8) is 0 Å². The molecule has 2 aliphatic rings. The lowest BCUT2D eigenvalue weighted by atomic mass is 9.90. The highest BCUT2D eigenvalue weighted by Gasteiger charge is 2.45. The van der Waals surface area contributed by atoms with Crippen LogP contribution in [-0.4, -0.2) is 140 Å². The highest BCUT2D eigenvalue weighted by molar-refractivity contribution is 5.97. The van der Waals surface area contributed by atoms with E-state index in [9.17, 15) is 58.8 Å². The molecule has 0 aromatic heterocycles. The number of phenols is 1. The normalized spacial score (nSPS) is 20.4. The number of primary amides is 1. The van der Waals surface area contributed by atoms with Crippen molar-refractivity contribution in [3.8, 4) is 5.75 Å².